The molecule has 0 aromatic heterocycles. The SMILES string of the molecule is CCOc1c(C)cc(COC(=O)CC2CCCO2)cc1C. The third-order valence-electron chi connectivity index (χ3n) is 3.63. The lowest BCUT2D eigenvalue weighted by Crippen LogP contribution is -2.15. The number of esters is 1. The van der Waals surface area contributed by atoms with Crippen LogP contribution in [0.15, 0.2) is 12.1 Å². The summed E-state index contributed by atoms with van der Waals surface area (Å²) in [6, 6.07) is 4.02. The molecule has 0 amide bonds. The van der Waals surface area contributed by atoms with Crippen molar-refractivity contribution >= 4 is 5.97 Å². The van der Waals surface area contributed by atoms with E-state index in [1.54, 1.807) is 0 Å². The van der Waals surface area contributed by atoms with Crippen molar-refractivity contribution in [3.8, 4) is 5.75 Å². The first-order chi connectivity index (χ1) is 10.1. The van der Waals surface area contributed by atoms with Crippen LogP contribution in [0.3, 0.4) is 0 Å². The Morgan fingerprint density at radius 1 is 1.33 bits per heavy atom. The van der Waals surface area contributed by atoms with Crippen molar-refractivity contribution in [3.05, 3.63) is 28.8 Å². The van der Waals surface area contributed by atoms with Gasteiger partial charge in [0.25, 0.3) is 0 Å². The van der Waals surface area contributed by atoms with Crippen LogP contribution in [0.2, 0.25) is 0 Å². The molecule has 21 heavy (non-hydrogen) atoms. The Morgan fingerprint density at radius 2 is 2.05 bits per heavy atom. The molecule has 1 aliphatic rings. The zero-order chi connectivity index (χ0) is 15.2. The first-order valence-corrected chi connectivity index (χ1v) is 7.60. The third-order valence-corrected chi connectivity index (χ3v) is 3.63. The summed E-state index contributed by atoms with van der Waals surface area (Å²) in [6.45, 7) is 7.71. The van der Waals surface area contributed by atoms with Crippen LogP contribution in [-0.4, -0.2) is 25.3 Å². The highest BCUT2D eigenvalue weighted by atomic mass is 16.5. The molecule has 1 aliphatic heterocycles. The Morgan fingerprint density at radius 3 is 2.62 bits per heavy atom. The van der Waals surface area contributed by atoms with Crippen molar-refractivity contribution in [1.82, 2.24) is 0 Å². The third kappa shape index (κ3) is 4.46. The van der Waals surface area contributed by atoms with Gasteiger partial charge in [-0.1, -0.05) is 0 Å². The molecule has 1 aromatic rings. The second-order valence-electron chi connectivity index (χ2n) is 5.49. The number of rotatable bonds is 6. The molecule has 1 unspecified atom stereocenters. The lowest BCUT2D eigenvalue weighted by molar-refractivity contribution is -0.147. The van der Waals surface area contributed by atoms with Gasteiger partial charge in [0.05, 0.1) is 19.1 Å². The quantitative estimate of drug-likeness (QED) is 0.755. The molecule has 0 aliphatic carbocycles. The normalized spacial score (nSPS) is 17.8. The first kappa shape index (κ1) is 15.8. The summed E-state index contributed by atoms with van der Waals surface area (Å²) in [7, 11) is 0. The molecule has 116 valence electrons. The van der Waals surface area contributed by atoms with Crippen LogP contribution in [0.5, 0.6) is 5.75 Å². The second kappa shape index (κ2) is 7.46. The van der Waals surface area contributed by atoms with Gasteiger partial charge < -0.3 is 14.2 Å². The number of benzene rings is 1. The maximum absolute atomic E-state index is 11.8. The van der Waals surface area contributed by atoms with Gasteiger partial charge in [0, 0.05) is 6.61 Å². The maximum atomic E-state index is 11.8. The molecule has 4 heteroatoms. The van der Waals surface area contributed by atoms with Gasteiger partial charge in [-0.25, -0.2) is 0 Å². The van der Waals surface area contributed by atoms with Crippen LogP contribution in [0.1, 0.15) is 42.9 Å². The highest BCUT2D eigenvalue weighted by Gasteiger charge is 2.20. The molecule has 0 radical (unpaired) electrons. The topological polar surface area (TPSA) is 44.8 Å². The van der Waals surface area contributed by atoms with Gasteiger partial charge in [0.15, 0.2) is 0 Å². The van der Waals surface area contributed by atoms with Gasteiger partial charge in [-0.3, -0.25) is 4.79 Å². The number of ether oxygens (including phenoxy) is 3. The number of carbonyl (C=O) groups excluding carboxylic acids is 1. The van der Waals surface area contributed by atoms with Gasteiger partial charge in [-0.15, -0.1) is 0 Å². The van der Waals surface area contributed by atoms with Crippen LogP contribution in [0.25, 0.3) is 0 Å². The van der Waals surface area contributed by atoms with E-state index in [0.29, 0.717) is 19.6 Å². The fourth-order valence-electron chi connectivity index (χ4n) is 2.71. The van der Waals surface area contributed by atoms with Gasteiger partial charge in [-0.2, -0.15) is 0 Å². The minimum atomic E-state index is -0.189. The lowest BCUT2D eigenvalue weighted by Gasteiger charge is -2.13. The fraction of sp³-hybridized carbons (Fsp3) is 0.588. The second-order valence-corrected chi connectivity index (χ2v) is 5.49. The fourth-order valence-corrected chi connectivity index (χ4v) is 2.71. The number of hydrogen-bond acceptors (Lipinski definition) is 4. The highest BCUT2D eigenvalue weighted by molar-refractivity contribution is 5.70. The van der Waals surface area contributed by atoms with E-state index < -0.39 is 0 Å². The lowest BCUT2D eigenvalue weighted by atomic mass is 10.1. The van der Waals surface area contributed by atoms with Crippen molar-refractivity contribution in [2.24, 2.45) is 0 Å². The molecule has 1 aromatic carbocycles. The number of hydrogen-bond donors (Lipinski definition) is 0. The molecule has 0 spiro atoms. The first-order valence-electron chi connectivity index (χ1n) is 7.60. The summed E-state index contributed by atoms with van der Waals surface area (Å²) in [6.07, 6.45) is 2.39. The summed E-state index contributed by atoms with van der Waals surface area (Å²) in [5, 5.41) is 0. The van der Waals surface area contributed by atoms with E-state index in [1.807, 2.05) is 32.9 Å². The Bertz CT molecular complexity index is 467. The molecule has 1 atom stereocenters. The summed E-state index contributed by atoms with van der Waals surface area (Å²) in [5.74, 6) is 0.734. The molecular weight excluding hydrogens is 268 g/mol. The van der Waals surface area contributed by atoms with Crippen molar-refractivity contribution in [2.75, 3.05) is 13.2 Å². The summed E-state index contributed by atoms with van der Waals surface area (Å²) in [5.41, 5.74) is 3.14. The monoisotopic (exact) mass is 292 g/mol. The van der Waals surface area contributed by atoms with Crippen LogP contribution >= 0.6 is 0 Å². The Balaban J connectivity index is 1.89. The van der Waals surface area contributed by atoms with Gasteiger partial charge in [-0.05, 0) is 62.4 Å². The average molecular weight is 292 g/mol. The predicted molar refractivity (Wildman–Crippen MR) is 80.5 cm³/mol. The van der Waals surface area contributed by atoms with Crippen LogP contribution in [0.4, 0.5) is 0 Å². The molecule has 1 saturated heterocycles. The van der Waals surface area contributed by atoms with Crippen molar-refractivity contribution < 1.29 is 19.0 Å². The molecule has 1 heterocycles. The van der Waals surface area contributed by atoms with E-state index in [0.717, 1.165) is 41.9 Å². The van der Waals surface area contributed by atoms with Crippen LogP contribution in [-0.2, 0) is 20.9 Å². The van der Waals surface area contributed by atoms with E-state index in [9.17, 15) is 4.79 Å². The van der Waals surface area contributed by atoms with Gasteiger partial charge >= 0.3 is 5.97 Å². The summed E-state index contributed by atoms with van der Waals surface area (Å²) < 4.78 is 16.4. The molecule has 1 fully saturated rings. The smallest absolute Gasteiger partial charge is 0.308 e. The van der Waals surface area contributed by atoms with Crippen molar-refractivity contribution in [2.45, 2.75) is 52.7 Å². The van der Waals surface area contributed by atoms with Gasteiger partial charge in [0.1, 0.15) is 12.4 Å². The predicted octanol–water partition coefficient (Wildman–Crippen LogP) is 3.31. The Labute approximate surface area is 126 Å². The average Bonchev–Trinajstić information content (AvgIpc) is 2.93. The minimum absolute atomic E-state index is 0.0429. The molecule has 0 bridgehead atoms. The van der Waals surface area contributed by atoms with E-state index in [2.05, 4.69) is 0 Å². The van der Waals surface area contributed by atoms with E-state index in [1.165, 1.54) is 0 Å². The van der Waals surface area contributed by atoms with Crippen LogP contribution in [0, 0.1) is 13.8 Å². The maximum Gasteiger partial charge on any atom is 0.308 e. The molecular formula is C17H24O4. The minimum Gasteiger partial charge on any atom is -0.493 e. The zero-order valence-corrected chi connectivity index (χ0v) is 13.1. The summed E-state index contributed by atoms with van der Waals surface area (Å²) in [4.78, 5) is 11.8. The summed E-state index contributed by atoms with van der Waals surface area (Å²) >= 11 is 0. The zero-order valence-electron chi connectivity index (χ0n) is 13.1. The highest BCUT2D eigenvalue weighted by Crippen LogP contribution is 2.25. The molecule has 4 nitrogen and oxygen atoms in total. The Kier molecular flexibility index (Phi) is 5.62. The number of carbonyl (C=O) groups is 1. The Hall–Kier alpha value is -1.55. The standard InChI is InChI=1S/C17H24O4/c1-4-19-17-12(2)8-14(9-13(17)3)11-21-16(18)10-15-6-5-7-20-15/h8-9,15H,4-7,10-11H2,1-3H3. The van der Waals surface area contributed by atoms with E-state index in [4.69, 9.17) is 14.2 Å². The largest absolute Gasteiger partial charge is 0.493 e. The van der Waals surface area contributed by atoms with Crippen molar-refractivity contribution in [1.29, 1.82) is 0 Å². The van der Waals surface area contributed by atoms with Crippen molar-refractivity contribution in [3.63, 3.8) is 0 Å². The van der Waals surface area contributed by atoms with E-state index in [-0.39, 0.29) is 12.1 Å². The molecule has 0 N–H and O–H groups in total. The van der Waals surface area contributed by atoms with Crippen LogP contribution < -0.4 is 4.74 Å². The molecule has 0 saturated carbocycles. The molecule has 2 rings (SSSR count). The van der Waals surface area contributed by atoms with Gasteiger partial charge in [0.2, 0.25) is 0 Å². The van der Waals surface area contributed by atoms with E-state index >= 15 is 0 Å². The number of aryl methyl sites for hydroxylation is 2.